The van der Waals surface area contributed by atoms with Gasteiger partial charge < -0.3 is 10.2 Å². The quantitative estimate of drug-likeness (QED) is 0.866. The van der Waals surface area contributed by atoms with Crippen molar-refractivity contribution in [1.29, 1.82) is 0 Å². The highest BCUT2D eigenvalue weighted by atomic mass is 16.2. The molecule has 2 rings (SSSR count). The number of nitrogens with one attached hydrogen (secondary N) is 1. The molecular weight excluding hydrogens is 312 g/mol. The van der Waals surface area contributed by atoms with E-state index in [9.17, 15) is 9.59 Å². The summed E-state index contributed by atoms with van der Waals surface area (Å²) < 4.78 is 0. The monoisotopic (exact) mass is 338 g/mol. The Bertz CT molecular complexity index is 731. The van der Waals surface area contributed by atoms with Crippen LogP contribution in [0.2, 0.25) is 0 Å². The molecule has 0 radical (unpaired) electrons. The third-order valence-electron chi connectivity index (χ3n) is 4.05. The van der Waals surface area contributed by atoms with Crippen LogP contribution in [0.15, 0.2) is 42.5 Å². The molecule has 0 unspecified atom stereocenters. The molecular formula is C21H26N2O2. The third-order valence-corrected chi connectivity index (χ3v) is 4.05. The van der Waals surface area contributed by atoms with Crippen LogP contribution >= 0.6 is 0 Å². The van der Waals surface area contributed by atoms with Crippen LogP contribution < -0.4 is 5.32 Å². The van der Waals surface area contributed by atoms with Crippen LogP contribution in [-0.4, -0.2) is 23.3 Å². The zero-order valence-electron chi connectivity index (χ0n) is 15.4. The van der Waals surface area contributed by atoms with Crippen LogP contribution in [0.1, 0.15) is 35.6 Å². The lowest BCUT2D eigenvalue weighted by atomic mass is 10.1. The van der Waals surface area contributed by atoms with Gasteiger partial charge in [0.05, 0.1) is 0 Å². The summed E-state index contributed by atoms with van der Waals surface area (Å²) in [4.78, 5) is 25.8. The fourth-order valence-corrected chi connectivity index (χ4v) is 2.77. The molecule has 2 aromatic rings. The maximum atomic E-state index is 12.2. The Morgan fingerprint density at radius 3 is 2.08 bits per heavy atom. The van der Waals surface area contributed by atoms with Crippen molar-refractivity contribution in [3.63, 3.8) is 0 Å². The first-order chi connectivity index (χ1) is 11.8. The predicted molar refractivity (Wildman–Crippen MR) is 101 cm³/mol. The third kappa shape index (κ3) is 6.07. The van der Waals surface area contributed by atoms with Crippen LogP contribution in [0.4, 0.5) is 5.69 Å². The second-order valence-corrected chi connectivity index (χ2v) is 6.60. The molecule has 0 aromatic heterocycles. The molecule has 2 aromatic carbocycles. The summed E-state index contributed by atoms with van der Waals surface area (Å²) in [5, 5.41) is 2.91. The van der Waals surface area contributed by atoms with Gasteiger partial charge in [-0.2, -0.15) is 0 Å². The lowest BCUT2D eigenvalue weighted by Gasteiger charge is -2.21. The Hall–Kier alpha value is -2.62. The summed E-state index contributed by atoms with van der Waals surface area (Å²) in [5.74, 6) is -0.111. The molecule has 0 aliphatic heterocycles. The fraction of sp³-hybridized carbons (Fsp3) is 0.333. The van der Waals surface area contributed by atoms with E-state index in [1.807, 2.05) is 57.2 Å². The number of hydrogen-bond acceptors (Lipinski definition) is 2. The van der Waals surface area contributed by atoms with Crippen molar-refractivity contribution < 1.29 is 9.59 Å². The van der Waals surface area contributed by atoms with Gasteiger partial charge in [-0.05, 0) is 49.6 Å². The van der Waals surface area contributed by atoms with Gasteiger partial charge in [0, 0.05) is 32.1 Å². The van der Waals surface area contributed by atoms with E-state index in [2.05, 4.69) is 11.4 Å². The maximum absolute atomic E-state index is 12.2. The molecule has 0 spiro atoms. The molecule has 25 heavy (non-hydrogen) atoms. The Balaban J connectivity index is 1.92. The van der Waals surface area contributed by atoms with Crippen LogP contribution in [-0.2, 0) is 16.1 Å². The SMILES string of the molecule is CC(=O)N(CCC(=O)Nc1cc(C)cc(C)c1)Cc1ccc(C)cc1. The summed E-state index contributed by atoms with van der Waals surface area (Å²) in [6.07, 6.45) is 0.276. The van der Waals surface area contributed by atoms with Crippen molar-refractivity contribution in [3.8, 4) is 0 Å². The Morgan fingerprint density at radius 1 is 0.920 bits per heavy atom. The van der Waals surface area contributed by atoms with Crippen molar-refractivity contribution >= 4 is 17.5 Å². The molecule has 4 nitrogen and oxygen atoms in total. The van der Waals surface area contributed by atoms with Gasteiger partial charge in [-0.3, -0.25) is 9.59 Å². The molecule has 0 bridgehead atoms. The van der Waals surface area contributed by atoms with Gasteiger partial charge in [-0.1, -0.05) is 35.9 Å². The Kier molecular flexibility index (Phi) is 6.34. The van der Waals surface area contributed by atoms with E-state index in [1.54, 1.807) is 4.90 Å². The number of carbonyl (C=O) groups is 2. The number of hydrogen-bond donors (Lipinski definition) is 1. The largest absolute Gasteiger partial charge is 0.338 e. The van der Waals surface area contributed by atoms with Crippen molar-refractivity contribution in [2.75, 3.05) is 11.9 Å². The van der Waals surface area contributed by atoms with Crippen molar-refractivity contribution in [3.05, 3.63) is 64.7 Å². The molecule has 0 heterocycles. The Morgan fingerprint density at radius 2 is 1.52 bits per heavy atom. The minimum atomic E-state index is -0.0832. The van der Waals surface area contributed by atoms with Gasteiger partial charge in [0.25, 0.3) is 0 Å². The topological polar surface area (TPSA) is 49.4 Å². The van der Waals surface area contributed by atoms with E-state index in [0.29, 0.717) is 13.1 Å². The number of rotatable bonds is 6. The summed E-state index contributed by atoms with van der Waals surface area (Å²) in [7, 11) is 0. The van der Waals surface area contributed by atoms with Crippen molar-refractivity contribution in [1.82, 2.24) is 4.90 Å². The minimum absolute atomic E-state index is 0.0280. The lowest BCUT2D eigenvalue weighted by Crippen LogP contribution is -2.31. The van der Waals surface area contributed by atoms with E-state index in [-0.39, 0.29) is 18.2 Å². The second kappa shape index (κ2) is 8.47. The number of benzene rings is 2. The lowest BCUT2D eigenvalue weighted by molar-refractivity contribution is -0.129. The van der Waals surface area contributed by atoms with Gasteiger partial charge in [-0.25, -0.2) is 0 Å². The highest BCUT2D eigenvalue weighted by Crippen LogP contribution is 2.14. The average molecular weight is 338 g/mol. The van der Waals surface area contributed by atoms with Crippen molar-refractivity contribution in [2.45, 2.75) is 40.7 Å². The number of aryl methyl sites for hydroxylation is 3. The Labute approximate surface area is 149 Å². The zero-order valence-corrected chi connectivity index (χ0v) is 15.4. The normalized spacial score (nSPS) is 10.4. The fourth-order valence-electron chi connectivity index (χ4n) is 2.77. The molecule has 0 aliphatic rings. The van der Waals surface area contributed by atoms with E-state index in [4.69, 9.17) is 0 Å². The second-order valence-electron chi connectivity index (χ2n) is 6.60. The van der Waals surface area contributed by atoms with Crippen LogP contribution in [0, 0.1) is 20.8 Å². The molecule has 0 atom stereocenters. The first-order valence-corrected chi connectivity index (χ1v) is 8.52. The summed E-state index contributed by atoms with van der Waals surface area (Å²) in [6.45, 7) is 8.50. The van der Waals surface area contributed by atoms with Gasteiger partial charge >= 0.3 is 0 Å². The molecule has 0 saturated carbocycles. The van der Waals surface area contributed by atoms with E-state index >= 15 is 0 Å². The van der Waals surface area contributed by atoms with E-state index < -0.39 is 0 Å². The average Bonchev–Trinajstić information content (AvgIpc) is 2.51. The summed E-state index contributed by atoms with van der Waals surface area (Å²) >= 11 is 0. The van der Waals surface area contributed by atoms with E-state index in [1.165, 1.54) is 12.5 Å². The first-order valence-electron chi connectivity index (χ1n) is 8.52. The number of nitrogens with zero attached hydrogens (tertiary/aromatic N) is 1. The molecule has 0 saturated heterocycles. The molecule has 132 valence electrons. The predicted octanol–water partition coefficient (Wildman–Crippen LogP) is 3.99. The van der Waals surface area contributed by atoms with Crippen LogP contribution in [0.25, 0.3) is 0 Å². The molecule has 4 heteroatoms. The van der Waals surface area contributed by atoms with Gasteiger partial charge in [0.2, 0.25) is 11.8 Å². The minimum Gasteiger partial charge on any atom is -0.338 e. The van der Waals surface area contributed by atoms with Crippen molar-refractivity contribution in [2.24, 2.45) is 0 Å². The standard InChI is InChI=1S/C21H26N2O2/c1-15-5-7-19(8-6-15)14-23(18(4)24)10-9-21(25)22-20-12-16(2)11-17(3)13-20/h5-8,11-13H,9-10,14H2,1-4H3,(H,22,25). The smallest absolute Gasteiger partial charge is 0.226 e. The summed E-state index contributed by atoms with van der Waals surface area (Å²) in [5.41, 5.74) is 5.27. The van der Waals surface area contributed by atoms with Gasteiger partial charge in [0.15, 0.2) is 0 Å². The van der Waals surface area contributed by atoms with Crippen LogP contribution in [0.3, 0.4) is 0 Å². The highest BCUT2D eigenvalue weighted by Gasteiger charge is 2.12. The highest BCUT2D eigenvalue weighted by molar-refractivity contribution is 5.91. The molecule has 0 aliphatic carbocycles. The zero-order chi connectivity index (χ0) is 18.4. The van der Waals surface area contributed by atoms with E-state index in [0.717, 1.165) is 22.4 Å². The van der Waals surface area contributed by atoms with Gasteiger partial charge in [0.1, 0.15) is 0 Å². The number of amides is 2. The first kappa shape index (κ1) is 18.7. The number of anilines is 1. The molecule has 1 N–H and O–H groups in total. The van der Waals surface area contributed by atoms with Crippen LogP contribution in [0.5, 0.6) is 0 Å². The molecule has 0 fully saturated rings. The van der Waals surface area contributed by atoms with Gasteiger partial charge in [-0.15, -0.1) is 0 Å². The molecule has 2 amide bonds. The maximum Gasteiger partial charge on any atom is 0.226 e. The summed E-state index contributed by atoms with van der Waals surface area (Å²) in [6, 6.07) is 14.0. The number of carbonyl (C=O) groups excluding carboxylic acids is 2.